The number of fused-ring (bicyclic) bond motifs is 1. The van der Waals surface area contributed by atoms with Gasteiger partial charge in [-0.15, -0.1) is 0 Å². The number of ether oxygens (including phenoxy) is 1. The van der Waals surface area contributed by atoms with Gasteiger partial charge in [0.05, 0.1) is 29.7 Å². The zero-order valence-electron chi connectivity index (χ0n) is 23.6. The van der Waals surface area contributed by atoms with Crippen LogP contribution < -0.4 is 20.3 Å². The summed E-state index contributed by atoms with van der Waals surface area (Å²) in [5.74, 6) is 1.22. The van der Waals surface area contributed by atoms with E-state index in [0.717, 1.165) is 29.7 Å². The Morgan fingerprint density at radius 3 is 2.58 bits per heavy atom. The Morgan fingerprint density at radius 1 is 1.10 bits per heavy atom. The van der Waals surface area contributed by atoms with Crippen LogP contribution in [0.5, 0.6) is 5.75 Å². The molecule has 0 unspecified atom stereocenters. The Balaban J connectivity index is 1.73. The number of hydrogen-bond acceptors (Lipinski definition) is 8. The lowest BCUT2D eigenvalue weighted by Gasteiger charge is -2.26. The summed E-state index contributed by atoms with van der Waals surface area (Å²) in [5.41, 5.74) is 3.49. The first kappa shape index (κ1) is 28.3. The highest BCUT2D eigenvalue weighted by atomic mass is 16.5. The minimum Gasteiger partial charge on any atom is -0.494 e. The lowest BCUT2D eigenvalue weighted by Crippen LogP contribution is -2.29. The predicted molar refractivity (Wildman–Crippen MR) is 160 cm³/mol. The number of ketones is 1. The van der Waals surface area contributed by atoms with Crippen molar-refractivity contribution in [1.29, 1.82) is 0 Å². The maximum Gasteiger partial charge on any atom is 0.247 e. The Bertz CT molecular complexity index is 1540. The van der Waals surface area contributed by atoms with Crippen molar-refractivity contribution in [2.24, 2.45) is 0 Å². The average molecular weight is 542 g/mol. The molecule has 2 aromatic heterocycles. The number of nitrogens with one attached hydrogen (secondary N) is 2. The van der Waals surface area contributed by atoms with Crippen molar-refractivity contribution < 1.29 is 14.3 Å². The molecular weight excluding hydrogens is 506 g/mol. The van der Waals surface area contributed by atoms with E-state index in [2.05, 4.69) is 32.0 Å². The Hall–Kier alpha value is -4.70. The third-order valence-corrected chi connectivity index (χ3v) is 6.52. The molecule has 0 saturated heterocycles. The molecule has 0 bridgehead atoms. The molecule has 0 radical (unpaired) electrons. The Labute approximate surface area is 234 Å². The van der Waals surface area contributed by atoms with Crippen molar-refractivity contribution in [2.45, 2.75) is 13.3 Å². The SMILES string of the molecule is C=CC(=O)Nc1cc(Nc2nccc(-n3cc(C(=O)CC)c4ccccc43)n2)c(OC)cc1N(C)CCN(C)C. The molecular formula is C30H35N7O3. The lowest BCUT2D eigenvalue weighted by atomic mass is 10.1. The molecule has 40 heavy (non-hydrogen) atoms. The molecule has 1 amide bonds. The van der Waals surface area contributed by atoms with Gasteiger partial charge >= 0.3 is 0 Å². The van der Waals surface area contributed by atoms with Gasteiger partial charge in [0.1, 0.15) is 11.6 Å². The molecule has 2 aromatic carbocycles. The van der Waals surface area contributed by atoms with Crippen molar-refractivity contribution in [2.75, 3.05) is 56.9 Å². The van der Waals surface area contributed by atoms with E-state index in [9.17, 15) is 9.59 Å². The van der Waals surface area contributed by atoms with E-state index < -0.39 is 0 Å². The van der Waals surface area contributed by atoms with Crippen LogP contribution in [-0.4, -0.2) is 72.5 Å². The summed E-state index contributed by atoms with van der Waals surface area (Å²) in [5, 5.41) is 7.01. The molecule has 4 aromatic rings. The summed E-state index contributed by atoms with van der Waals surface area (Å²) in [6, 6.07) is 13.2. The van der Waals surface area contributed by atoms with Crippen LogP contribution in [0.4, 0.5) is 23.0 Å². The highest BCUT2D eigenvalue weighted by Gasteiger charge is 2.18. The van der Waals surface area contributed by atoms with Gasteiger partial charge < -0.3 is 29.7 Å². The molecule has 0 saturated carbocycles. The second-order valence-electron chi connectivity index (χ2n) is 9.56. The van der Waals surface area contributed by atoms with E-state index in [-0.39, 0.29) is 11.7 Å². The van der Waals surface area contributed by atoms with Crippen LogP contribution in [0.3, 0.4) is 0 Å². The summed E-state index contributed by atoms with van der Waals surface area (Å²) in [7, 11) is 7.56. The van der Waals surface area contributed by atoms with Gasteiger partial charge in [-0.1, -0.05) is 31.7 Å². The lowest BCUT2D eigenvalue weighted by molar-refractivity contribution is -0.111. The number of benzene rings is 2. The van der Waals surface area contributed by atoms with Gasteiger partial charge in [0.25, 0.3) is 0 Å². The molecule has 0 spiro atoms. The number of likely N-dealkylation sites (N-methyl/N-ethyl adjacent to an activating group) is 2. The van der Waals surface area contributed by atoms with Gasteiger partial charge in [0.2, 0.25) is 11.9 Å². The van der Waals surface area contributed by atoms with Crippen LogP contribution in [0.2, 0.25) is 0 Å². The second-order valence-corrected chi connectivity index (χ2v) is 9.56. The molecule has 0 aliphatic heterocycles. The first-order valence-electron chi connectivity index (χ1n) is 13.0. The van der Waals surface area contributed by atoms with E-state index in [1.54, 1.807) is 25.4 Å². The highest BCUT2D eigenvalue weighted by molar-refractivity contribution is 6.08. The number of amides is 1. The van der Waals surface area contributed by atoms with Crippen LogP contribution in [0.25, 0.3) is 16.7 Å². The minimum absolute atomic E-state index is 0.0665. The molecule has 10 heteroatoms. The molecule has 10 nitrogen and oxygen atoms in total. The van der Waals surface area contributed by atoms with Crippen molar-refractivity contribution in [3.05, 3.63) is 73.1 Å². The molecule has 2 N–H and O–H groups in total. The Kier molecular flexibility index (Phi) is 8.80. The minimum atomic E-state index is -0.325. The number of methoxy groups -OCH3 is 1. The monoisotopic (exact) mass is 541 g/mol. The first-order valence-corrected chi connectivity index (χ1v) is 13.0. The van der Waals surface area contributed by atoms with E-state index in [4.69, 9.17) is 9.72 Å². The highest BCUT2D eigenvalue weighted by Crippen LogP contribution is 2.38. The number of carbonyl (C=O) groups excluding carboxylic acids is 2. The predicted octanol–water partition coefficient (Wildman–Crippen LogP) is 4.89. The number of anilines is 4. The maximum absolute atomic E-state index is 12.6. The molecule has 0 aliphatic carbocycles. The normalized spacial score (nSPS) is 10.9. The first-order chi connectivity index (χ1) is 19.2. The fourth-order valence-corrected chi connectivity index (χ4v) is 4.35. The van der Waals surface area contributed by atoms with Gasteiger partial charge in [-0.2, -0.15) is 4.98 Å². The standard InChI is InChI=1S/C30H35N7O3/c1-7-26(38)21-19-37(24-12-10-9-11-20(21)24)28-13-14-31-30(34-28)33-23-17-22(32-29(39)8-2)25(18-27(23)40-6)36(5)16-15-35(3)4/h8-14,17-19H,2,7,15-16H2,1,3-6H3,(H,32,39)(H,31,33,34). The van der Waals surface area contributed by atoms with E-state index in [1.807, 2.05) is 69.2 Å². The van der Waals surface area contributed by atoms with Crippen LogP contribution >= 0.6 is 0 Å². The van der Waals surface area contributed by atoms with Crippen LogP contribution in [-0.2, 0) is 4.79 Å². The van der Waals surface area contributed by atoms with E-state index in [1.165, 1.54) is 6.08 Å². The fourth-order valence-electron chi connectivity index (χ4n) is 4.35. The van der Waals surface area contributed by atoms with Gasteiger partial charge in [0.15, 0.2) is 5.78 Å². The number of para-hydroxylation sites is 1. The third-order valence-electron chi connectivity index (χ3n) is 6.52. The van der Waals surface area contributed by atoms with Crippen LogP contribution in [0.1, 0.15) is 23.7 Å². The molecule has 0 atom stereocenters. The quantitative estimate of drug-likeness (QED) is 0.193. The molecule has 2 heterocycles. The van der Waals surface area contributed by atoms with Crippen molar-refractivity contribution in [1.82, 2.24) is 19.4 Å². The maximum atomic E-state index is 12.6. The number of rotatable bonds is 12. The third kappa shape index (κ3) is 6.13. The van der Waals surface area contributed by atoms with Gasteiger partial charge in [-0.05, 0) is 38.4 Å². The van der Waals surface area contributed by atoms with Crippen LogP contribution in [0, 0.1) is 0 Å². The van der Waals surface area contributed by atoms with Gasteiger partial charge in [-0.3, -0.25) is 9.59 Å². The second kappa shape index (κ2) is 12.4. The van der Waals surface area contributed by atoms with Gasteiger partial charge in [-0.25, -0.2) is 4.98 Å². The van der Waals surface area contributed by atoms with Crippen molar-refractivity contribution >= 4 is 45.6 Å². The average Bonchev–Trinajstić information content (AvgIpc) is 3.35. The van der Waals surface area contributed by atoms with Crippen LogP contribution in [0.15, 0.2) is 67.5 Å². The summed E-state index contributed by atoms with van der Waals surface area (Å²) in [6.45, 7) is 6.99. The summed E-state index contributed by atoms with van der Waals surface area (Å²) in [4.78, 5) is 38.2. The molecule has 208 valence electrons. The summed E-state index contributed by atoms with van der Waals surface area (Å²) in [6.07, 6.45) is 5.11. The van der Waals surface area contributed by atoms with Crippen molar-refractivity contribution in [3.8, 4) is 11.6 Å². The number of hydrogen-bond donors (Lipinski definition) is 2. The topological polar surface area (TPSA) is 105 Å². The molecule has 0 fully saturated rings. The number of aromatic nitrogens is 3. The smallest absolute Gasteiger partial charge is 0.247 e. The van der Waals surface area contributed by atoms with Crippen molar-refractivity contribution in [3.63, 3.8) is 0 Å². The van der Waals surface area contributed by atoms with E-state index >= 15 is 0 Å². The zero-order valence-corrected chi connectivity index (χ0v) is 23.6. The number of Topliss-reactive ketones (excluding diaryl/α,β-unsaturated/α-hetero) is 1. The zero-order chi connectivity index (χ0) is 28.8. The fraction of sp³-hybridized carbons (Fsp3) is 0.267. The van der Waals surface area contributed by atoms with E-state index in [0.29, 0.717) is 40.9 Å². The Morgan fingerprint density at radius 2 is 1.88 bits per heavy atom. The van der Waals surface area contributed by atoms with Gasteiger partial charge in [0, 0.05) is 56.0 Å². The molecule has 4 rings (SSSR count). The number of nitrogens with zero attached hydrogens (tertiary/aromatic N) is 5. The largest absolute Gasteiger partial charge is 0.494 e. The molecule has 0 aliphatic rings. The summed E-state index contributed by atoms with van der Waals surface area (Å²) < 4.78 is 7.59. The summed E-state index contributed by atoms with van der Waals surface area (Å²) >= 11 is 0. The number of carbonyl (C=O) groups is 2.